The molecule has 5 rings (SSSR count). The van der Waals surface area contributed by atoms with Crippen molar-refractivity contribution in [3.8, 4) is 5.75 Å². The lowest BCUT2D eigenvalue weighted by atomic mass is 9.76. The van der Waals surface area contributed by atoms with Gasteiger partial charge in [-0.2, -0.15) is 0 Å². The molecule has 2 heterocycles. The van der Waals surface area contributed by atoms with E-state index in [-0.39, 0.29) is 23.9 Å². The van der Waals surface area contributed by atoms with Gasteiger partial charge in [0.25, 0.3) is 5.91 Å². The minimum Gasteiger partial charge on any atom is -0.497 e. The molecule has 1 saturated carbocycles. The smallest absolute Gasteiger partial charge is 0.254 e. The summed E-state index contributed by atoms with van der Waals surface area (Å²) >= 11 is 0. The number of fused-ring (bicyclic) bond motifs is 1. The van der Waals surface area contributed by atoms with Crippen molar-refractivity contribution in [1.29, 1.82) is 0 Å². The van der Waals surface area contributed by atoms with Crippen LogP contribution in [0.15, 0.2) is 48.5 Å². The van der Waals surface area contributed by atoms with Crippen molar-refractivity contribution in [3.63, 3.8) is 0 Å². The number of ether oxygens (including phenoxy) is 1. The lowest BCUT2D eigenvalue weighted by Crippen LogP contribution is -2.53. The molecule has 3 aliphatic rings. The molecule has 0 radical (unpaired) electrons. The molecule has 5 nitrogen and oxygen atoms in total. The third-order valence-electron chi connectivity index (χ3n) is 8.04. The molecular weight excluding hydrogens is 424 g/mol. The van der Waals surface area contributed by atoms with Gasteiger partial charge < -0.3 is 14.5 Å². The molecule has 0 aromatic heterocycles. The van der Waals surface area contributed by atoms with E-state index in [0.29, 0.717) is 11.5 Å². The first-order chi connectivity index (χ1) is 16.6. The number of nitrogens with zero attached hydrogens (tertiary/aromatic N) is 2. The summed E-state index contributed by atoms with van der Waals surface area (Å²) < 4.78 is 5.40. The van der Waals surface area contributed by atoms with Gasteiger partial charge in [-0.05, 0) is 60.9 Å². The number of likely N-dealkylation sites (tertiary alicyclic amines) is 1. The molecule has 0 N–H and O–H groups in total. The Morgan fingerprint density at radius 2 is 1.68 bits per heavy atom. The molecule has 5 heteroatoms. The van der Waals surface area contributed by atoms with Gasteiger partial charge in [0.1, 0.15) is 5.75 Å². The Morgan fingerprint density at radius 1 is 0.941 bits per heavy atom. The molecule has 2 aromatic rings. The SMILES string of the molecule is COc1ccc(C2C(C(=O)N3CCCC(C)C3)c3ccccc3C(=O)N2C2CCCCC2)cc1. The second kappa shape index (κ2) is 9.81. The van der Waals surface area contributed by atoms with E-state index >= 15 is 0 Å². The maximum atomic E-state index is 14.3. The van der Waals surface area contributed by atoms with Crippen molar-refractivity contribution in [1.82, 2.24) is 9.80 Å². The molecule has 1 saturated heterocycles. The van der Waals surface area contributed by atoms with Gasteiger partial charge in [-0.1, -0.05) is 56.5 Å². The zero-order valence-corrected chi connectivity index (χ0v) is 20.4. The van der Waals surface area contributed by atoms with Crippen LogP contribution in [0, 0.1) is 5.92 Å². The highest BCUT2D eigenvalue weighted by Crippen LogP contribution is 2.47. The summed E-state index contributed by atoms with van der Waals surface area (Å²) in [4.78, 5) is 32.4. The number of hydrogen-bond donors (Lipinski definition) is 0. The van der Waals surface area contributed by atoms with E-state index in [1.807, 2.05) is 48.5 Å². The Bertz CT molecular complexity index is 1030. The Kier molecular flexibility index (Phi) is 6.62. The van der Waals surface area contributed by atoms with E-state index in [1.54, 1.807) is 7.11 Å². The third-order valence-corrected chi connectivity index (χ3v) is 8.04. The quantitative estimate of drug-likeness (QED) is 0.600. The largest absolute Gasteiger partial charge is 0.497 e. The monoisotopic (exact) mass is 460 g/mol. The van der Waals surface area contributed by atoms with Gasteiger partial charge in [0.15, 0.2) is 0 Å². The Labute approximate surface area is 203 Å². The van der Waals surface area contributed by atoms with E-state index in [1.165, 1.54) is 12.8 Å². The van der Waals surface area contributed by atoms with Gasteiger partial charge in [0.2, 0.25) is 5.91 Å². The number of hydrogen-bond acceptors (Lipinski definition) is 3. The molecule has 180 valence electrons. The predicted octanol–water partition coefficient (Wildman–Crippen LogP) is 5.57. The molecule has 0 spiro atoms. The summed E-state index contributed by atoms with van der Waals surface area (Å²) in [6, 6.07) is 15.6. The number of rotatable bonds is 4. The fourth-order valence-corrected chi connectivity index (χ4v) is 6.32. The van der Waals surface area contributed by atoms with E-state index in [2.05, 4.69) is 16.7 Å². The topological polar surface area (TPSA) is 49.9 Å². The summed E-state index contributed by atoms with van der Waals surface area (Å²) in [6.07, 6.45) is 7.70. The number of benzene rings is 2. The second-order valence-corrected chi connectivity index (χ2v) is 10.3. The maximum absolute atomic E-state index is 14.3. The molecule has 0 bridgehead atoms. The lowest BCUT2D eigenvalue weighted by molar-refractivity contribution is -0.136. The predicted molar refractivity (Wildman–Crippen MR) is 133 cm³/mol. The first-order valence-corrected chi connectivity index (χ1v) is 12.9. The Hall–Kier alpha value is -2.82. The van der Waals surface area contributed by atoms with Crippen LogP contribution in [0.25, 0.3) is 0 Å². The Balaban J connectivity index is 1.64. The van der Waals surface area contributed by atoms with Crippen molar-refractivity contribution in [3.05, 3.63) is 65.2 Å². The number of carbonyl (C=O) groups excluding carboxylic acids is 2. The first kappa shape index (κ1) is 22.9. The third kappa shape index (κ3) is 4.21. The Morgan fingerprint density at radius 3 is 2.38 bits per heavy atom. The molecule has 2 aromatic carbocycles. The highest BCUT2D eigenvalue weighted by molar-refractivity contribution is 6.01. The molecule has 2 aliphatic heterocycles. The van der Waals surface area contributed by atoms with Crippen molar-refractivity contribution in [2.75, 3.05) is 20.2 Å². The van der Waals surface area contributed by atoms with Crippen LogP contribution < -0.4 is 4.74 Å². The average molecular weight is 461 g/mol. The minimum atomic E-state index is -0.394. The minimum absolute atomic E-state index is 0.0689. The number of amides is 2. The summed E-state index contributed by atoms with van der Waals surface area (Å²) in [6.45, 7) is 3.83. The fourth-order valence-electron chi connectivity index (χ4n) is 6.32. The maximum Gasteiger partial charge on any atom is 0.254 e. The van der Waals surface area contributed by atoms with Crippen LogP contribution in [0.2, 0.25) is 0 Å². The summed E-state index contributed by atoms with van der Waals surface area (Å²) in [5.74, 6) is 1.12. The zero-order valence-electron chi connectivity index (χ0n) is 20.4. The van der Waals surface area contributed by atoms with Crippen LogP contribution in [0.4, 0.5) is 0 Å². The molecule has 2 amide bonds. The lowest BCUT2D eigenvalue weighted by Gasteiger charge is -2.48. The average Bonchev–Trinajstić information content (AvgIpc) is 2.89. The van der Waals surface area contributed by atoms with Crippen LogP contribution in [-0.4, -0.2) is 47.9 Å². The first-order valence-electron chi connectivity index (χ1n) is 12.9. The summed E-state index contributed by atoms with van der Waals surface area (Å²) in [5, 5.41) is 0. The van der Waals surface area contributed by atoms with Crippen LogP contribution in [0.1, 0.15) is 85.3 Å². The van der Waals surface area contributed by atoms with Crippen LogP contribution in [0.5, 0.6) is 5.75 Å². The highest BCUT2D eigenvalue weighted by Gasteiger charge is 2.48. The van der Waals surface area contributed by atoms with Crippen molar-refractivity contribution in [2.45, 2.75) is 69.9 Å². The fraction of sp³-hybridized carbons (Fsp3) is 0.517. The number of methoxy groups -OCH3 is 1. The van der Waals surface area contributed by atoms with Crippen molar-refractivity contribution >= 4 is 11.8 Å². The van der Waals surface area contributed by atoms with Gasteiger partial charge in [-0.15, -0.1) is 0 Å². The molecular formula is C29H36N2O3. The van der Waals surface area contributed by atoms with Gasteiger partial charge >= 0.3 is 0 Å². The van der Waals surface area contributed by atoms with E-state index in [4.69, 9.17) is 4.74 Å². The van der Waals surface area contributed by atoms with Gasteiger partial charge in [-0.25, -0.2) is 0 Å². The normalized spacial score (nSPS) is 25.7. The van der Waals surface area contributed by atoms with Crippen molar-refractivity contribution in [2.24, 2.45) is 5.92 Å². The highest BCUT2D eigenvalue weighted by atomic mass is 16.5. The molecule has 2 fully saturated rings. The number of piperidine rings is 1. The van der Waals surface area contributed by atoms with E-state index in [0.717, 1.165) is 62.1 Å². The van der Waals surface area contributed by atoms with Gasteiger partial charge in [0, 0.05) is 24.7 Å². The van der Waals surface area contributed by atoms with Crippen LogP contribution in [0.3, 0.4) is 0 Å². The van der Waals surface area contributed by atoms with Gasteiger partial charge in [-0.3, -0.25) is 9.59 Å². The van der Waals surface area contributed by atoms with Gasteiger partial charge in [0.05, 0.1) is 19.1 Å². The molecule has 34 heavy (non-hydrogen) atoms. The van der Waals surface area contributed by atoms with Crippen LogP contribution in [-0.2, 0) is 4.79 Å². The molecule has 3 unspecified atom stereocenters. The van der Waals surface area contributed by atoms with Crippen LogP contribution >= 0.6 is 0 Å². The zero-order chi connectivity index (χ0) is 23.7. The summed E-state index contributed by atoms with van der Waals surface area (Å²) in [5.41, 5.74) is 2.59. The van der Waals surface area contributed by atoms with E-state index < -0.39 is 5.92 Å². The number of carbonyl (C=O) groups is 2. The molecule has 1 aliphatic carbocycles. The molecule has 3 atom stereocenters. The van der Waals surface area contributed by atoms with Crippen molar-refractivity contribution < 1.29 is 14.3 Å². The summed E-state index contributed by atoms with van der Waals surface area (Å²) in [7, 11) is 1.66. The second-order valence-electron chi connectivity index (χ2n) is 10.3. The standard InChI is InChI=1S/C29H36N2O3/c1-20-9-8-18-30(19-20)29(33)26-24-12-6-7-13-25(24)28(32)31(22-10-4-3-5-11-22)27(26)21-14-16-23(34-2)17-15-21/h6-7,12-17,20,22,26-27H,3-5,8-11,18-19H2,1-2H3. The van der Waals surface area contributed by atoms with E-state index in [9.17, 15) is 9.59 Å².